The van der Waals surface area contributed by atoms with Crippen LogP contribution >= 0.6 is 0 Å². The zero-order valence-electron chi connectivity index (χ0n) is 18.5. The molecule has 1 aromatic heterocycles. The minimum absolute atomic E-state index is 0.298. The average molecular weight is 447 g/mol. The number of nitrogens with zero attached hydrogens (tertiary/aromatic N) is 2. The number of fused-ring (bicyclic) bond motifs is 1. The van der Waals surface area contributed by atoms with Gasteiger partial charge in [0.2, 0.25) is 5.89 Å². The number of oxazole rings is 1. The summed E-state index contributed by atoms with van der Waals surface area (Å²) < 4.78 is 30.7. The van der Waals surface area contributed by atoms with Crippen molar-refractivity contribution in [3.05, 3.63) is 72.5 Å². The smallest absolute Gasteiger partial charge is 0.227 e. The minimum atomic E-state index is -0.298. The molecule has 0 aliphatic carbocycles. The Morgan fingerprint density at radius 3 is 2.36 bits per heavy atom. The Bertz CT molecular complexity index is 1180. The maximum Gasteiger partial charge on any atom is 0.227 e. The predicted octanol–water partition coefficient (Wildman–Crippen LogP) is 6.68. The molecule has 1 aliphatic rings. The van der Waals surface area contributed by atoms with E-state index in [-0.39, 0.29) is 5.82 Å². The lowest BCUT2D eigenvalue weighted by molar-refractivity contribution is 0.205. The molecule has 0 bridgehead atoms. The molecular formula is C27H27FN2O3. The van der Waals surface area contributed by atoms with Gasteiger partial charge in [-0.25, -0.2) is 9.37 Å². The number of halogens is 1. The molecule has 1 fully saturated rings. The van der Waals surface area contributed by atoms with Crippen LogP contribution < -0.4 is 9.47 Å². The lowest BCUT2D eigenvalue weighted by atomic mass is 10.1. The summed E-state index contributed by atoms with van der Waals surface area (Å²) in [4.78, 5) is 7.13. The summed E-state index contributed by atoms with van der Waals surface area (Å²) in [6, 6.07) is 19.2. The van der Waals surface area contributed by atoms with Crippen molar-refractivity contribution in [1.82, 2.24) is 9.88 Å². The van der Waals surface area contributed by atoms with Gasteiger partial charge in [0, 0.05) is 18.2 Å². The molecule has 1 aliphatic heterocycles. The maximum atomic E-state index is 13.1. The van der Waals surface area contributed by atoms with Gasteiger partial charge in [-0.15, -0.1) is 0 Å². The molecule has 0 amide bonds. The van der Waals surface area contributed by atoms with E-state index in [1.165, 1.54) is 44.5 Å². The Hall–Kier alpha value is -3.38. The van der Waals surface area contributed by atoms with Crippen LogP contribution in [0.1, 0.15) is 25.7 Å². The first-order chi connectivity index (χ1) is 16.2. The summed E-state index contributed by atoms with van der Waals surface area (Å²) in [5.41, 5.74) is 2.25. The Balaban J connectivity index is 1.19. The van der Waals surface area contributed by atoms with Crippen LogP contribution in [0.5, 0.6) is 17.2 Å². The number of hydrogen-bond donors (Lipinski definition) is 0. The van der Waals surface area contributed by atoms with Gasteiger partial charge in [-0.2, -0.15) is 0 Å². The van der Waals surface area contributed by atoms with Crippen LogP contribution in [0.2, 0.25) is 0 Å². The van der Waals surface area contributed by atoms with E-state index in [1.807, 2.05) is 42.5 Å². The van der Waals surface area contributed by atoms with Crippen LogP contribution in [0.15, 0.2) is 71.1 Å². The third kappa shape index (κ3) is 5.52. The van der Waals surface area contributed by atoms with E-state index < -0.39 is 0 Å². The molecule has 0 spiro atoms. The summed E-state index contributed by atoms with van der Waals surface area (Å²) in [5.74, 6) is 2.27. The molecule has 2 heterocycles. The third-order valence-corrected chi connectivity index (χ3v) is 5.85. The van der Waals surface area contributed by atoms with Gasteiger partial charge < -0.3 is 18.8 Å². The second-order valence-electron chi connectivity index (χ2n) is 8.33. The molecule has 5 nitrogen and oxygen atoms in total. The fraction of sp³-hybridized carbons (Fsp3) is 0.296. The average Bonchev–Trinajstić information content (AvgIpc) is 3.28. The molecule has 0 saturated carbocycles. The monoisotopic (exact) mass is 446 g/mol. The minimum Gasteiger partial charge on any atom is -0.494 e. The Morgan fingerprint density at radius 2 is 1.58 bits per heavy atom. The molecule has 170 valence electrons. The van der Waals surface area contributed by atoms with Crippen LogP contribution in [-0.4, -0.2) is 36.1 Å². The number of likely N-dealkylation sites (tertiary alicyclic amines) is 1. The number of aromatic nitrogens is 1. The molecule has 1 saturated heterocycles. The van der Waals surface area contributed by atoms with Crippen molar-refractivity contribution in [2.24, 2.45) is 0 Å². The van der Waals surface area contributed by atoms with Crippen LogP contribution in [-0.2, 0) is 0 Å². The topological polar surface area (TPSA) is 47.7 Å². The van der Waals surface area contributed by atoms with Crippen LogP contribution in [0, 0.1) is 5.82 Å². The Morgan fingerprint density at radius 1 is 0.848 bits per heavy atom. The van der Waals surface area contributed by atoms with E-state index >= 15 is 0 Å². The van der Waals surface area contributed by atoms with E-state index in [2.05, 4.69) is 9.88 Å². The zero-order valence-corrected chi connectivity index (χ0v) is 18.5. The molecule has 0 unspecified atom stereocenters. The third-order valence-electron chi connectivity index (χ3n) is 5.85. The predicted molar refractivity (Wildman–Crippen MR) is 126 cm³/mol. The van der Waals surface area contributed by atoms with Gasteiger partial charge >= 0.3 is 0 Å². The van der Waals surface area contributed by atoms with Crippen molar-refractivity contribution in [2.75, 3.05) is 26.2 Å². The lowest BCUT2D eigenvalue weighted by Gasteiger charge is -2.26. The highest BCUT2D eigenvalue weighted by atomic mass is 19.1. The van der Waals surface area contributed by atoms with Gasteiger partial charge in [-0.3, -0.25) is 0 Å². The van der Waals surface area contributed by atoms with Crippen molar-refractivity contribution in [3.8, 4) is 28.7 Å². The fourth-order valence-corrected chi connectivity index (χ4v) is 4.09. The van der Waals surface area contributed by atoms with Crippen LogP contribution in [0.3, 0.4) is 0 Å². The van der Waals surface area contributed by atoms with Gasteiger partial charge in [-0.1, -0.05) is 6.42 Å². The molecule has 0 N–H and O–H groups in total. The van der Waals surface area contributed by atoms with E-state index in [0.717, 1.165) is 30.9 Å². The Labute approximate surface area is 192 Å². The first-order valence-corrected chi connectivity index (χ1v) is 11.5. The van der Waals surface area contributed by atoms with Crippen molar-refractivity contribution in [1.29, 1.82) is 0 Å². The van der Waals surface area contributed by atoms with E-state index in [4.69, 9.17) is 13.9 Å². The highest BCUT2D eigenvalue weighted by Crippen LogP contribution is 2.30. The maximum absolute atomic E-state index is 13.1. The summed E-state index contributed by atoms with van der Waals surface area (Å²) in [6.45, 7) is 4.27. The quantitative estimate of drug-likeness (QED) is 0.283. The van der Waals surface area contributed by atoms with Gasteiger partial charge in [0.05, 0.1) is 6.61 Å². The molecule has 6 heteroatoms. The highest BCUT2D eigenvalue weighted by Gasteiger charge is 2.11. The standard InChI is InChI=1S/C27H27FN2O3/c28-21-7-11-23(12-8-21)32-24-13-14-26-25(19-24)29-27(33-26)20-5-9-22(10-6-20)31-18-4-17-30-15-2-1-3-16-30/h5-14,19H,1-4,15-18H2. The lowest BCUT2D eigenvalue weighted by Crippen LogP contribution is -2.31. The number of piperidine rings is 1. The van der Waals surface area contributed by atoms with Gasteiger partial charge in [0.1, 0.15) is 28.6 Å². The molecule has 3 aromatic carbocycles. The van der Waals surface area contributed by atoms with E-state index in [9.17, 15) is 4.39 Å². The van der Waals surface area contributed by atoms with Crippen LogP contribution in [0.4, 0.5) is 4.39 Å². The Kier molecular flexibility index (Phi) is 6.53. The summed E-state index contributed by atoms with van der Waals surface area (Å²) in [6.07, 6.45) is 5.04. The molecule has 4 aromatic rings. The second-order valence-corrected chi connectivity index (χ2v) is 8.33. The zero-order chi connectivity index (χ0) is 22.5. The normalized spacial score (nSPS) is 14.5. The number of benzene rings is 3. The van der Waals surface area contributed by atoms with Crippen molar-refractivity contribution in [2.45, 2.75) is 25.7 Å². The summed E-state index contributed by atoms with van der Waals surface area (Å²) >= 11 is 0. The van der Waals surface area contributed by atoms with Crippen molar-refractivity contribution < 1.29 is 18.3 Å². The summed E-state index contributed by atoms with van der Waals surface area (Å²) in [7, 11) is 0. The second kappa shape index (κ2) is 10.0. The first-order valence-electron chi connectivity index (χ1n) is 11.5. The van der Waals surface area contributed by atoms with Gasteiger partial charge in [0.25, 0.3) is 0 Å². The molecule has 5 rings (SSSR count). The van der Waals surface area contributed by atoms with E-state index in [0.29, 0.717) is 28.5 Å². The number of ether oxygens (including phenoxy) is 2. The number of hydrogen-bond acceptors (Lipinski definition) is 5. The molecule has 0 atom stereocenters. The summed E-state index contributed by atoms with van der Waals surface area (Å²) in [5, 5.41) is 0. The van der Waals surface area contributed by atoms with E-state index in [1.54, 1.807) is 12.1 Å². The van der Waals surface area contributed by atoms with Crippen LogP contribution in [0.25, 0.3) is 22.6 Å². The first kappa shape index (κ1) is 21.5. The van der Waals surface area contributed by atoms with Gasteiger partial charge in [0.15, 0.2) is 5.58 Å². The number of rotatable bonds is 8. The molecule has 0 radical (unpaired) electrons. The van der Waals surface area contributed by atoms with Crippen molar-refractivity contribution in [3.63, 3.8) is 0 Å². The molecular weight excluding hydrogens is 419 g/mol. The van der Waals surface area contributed by atoms with Crippen molar-refractivity contribution >= 4 is 11.1 Å². The molecule has 33 heavy (non-hydrogen) atoms. The SMILES string of the molecule is Fc1ccc(Oc2ccc3oc(-c4ccc(OCCCN5CCCCC5)cc4)nc3c2)cc1. The van der Waals surface area contributed by atoms with Gasteiger partial charge in [-0.05, 0) is 93.0 Å². The highest BCUT2D eigenvalue weighted by molar-refractivity contribution is 5.78. The largest absolute Gasteiger partial charge is 0.494 e. The fourth-order valence-electron chi connectivity index (χ4n) is 4.09.